The molecule has 0 bridgehead atoms. The molecule has 1 heterocycles. The maximum Gasteiger partial charge on any atom is 0.338 e. The molecule has 4 rings (SSSR count). The van der Waals surface area contributed by atoms with Gasteiger partial charge in [-0.25, -0.2) is 4.79 Å². The lowest BCUT2D eigenvalue weighted by molar-refractivity contribution is 0.0526. The Balaban J connectivity index is 1.74. The van der Waals surface area contributed by atoms with Crippen molar-refractivity contribution in [2.24, 2.45) is 5.92 Å². The Hall–Kier alpha value is -2.55. The summed E-state index contributed by atoms with van der Waals surface area (Å²) in [6.07, 6.45) is 5.62. The number of benzene rings is 2. The number of anilines is 1. The molecule has 1 aliphatic carbocycles. The number of carbonyl (C=O) groups excluding carboxylic acids is 1. The zero-order valence-corrected chi connectivity index (χ0v) is 14.7. The second-order valence-corrected chi connectivity index (χ2v) is 6.85. The largest absolute Gasteiger partial charge is 0.462 e. The Morgan fingerprint density at radius 2 is 2.04 bits per heavy atom. The number of rotatable bonds is 3. The zero-order valence-electron chi connectivity index (χ0n) is 14.7. The third kappa shape index (κ3) is 2.74. The van der Waals surface area contributed by atoms with Crippen LogP contribution in [0.2, 0.25) is 0 Å². The van der Waals surface area contributed by atoms with Gasteiger partial charge in [-0.05, 0) is 61.1 Å². The van der Waals surface area contributed by atoms with Crippen molar-refractivity contribution in [3.05, 3.63) is 76.9 Å². The average Bonchev–Trinajstić information content (AvgIpc) is 3.11. The fourth-order valence-electron chi connectivity index (χ4n) is 4.18. The molecule has 0 saturated carbocycles. The van der Waals surface area contributed by atoms with E-state index < -0.39 is 0 Å². The van der Waals surface area contributed by atoms with E-state index in [-0.39, 0.29) is 5.97 Å². The normalized spacial score (nSPS) is 23.5. The van der Waals surface area contributed by atoms with Crippen LogP contribution in [0.3, 0.4) is 0 Å². The van der Waals surface area contributed by atoms with Gasteiger partial charge in [0.15, 0.2) is 0 Å². The van der Waals surface area contributed by atoms with Crippen molar-refractivity contribution in [3.8, 4) is 0 Å². The highest BCUT2D eigenvalue weighted by Gasteiger charge is 2.38. The van der Waals surface area contributed by atoms with Gasteiger partial charge in [-0.2, -0.15) is 0 Å². The van der Waals surface area contributed by atoms with Gasteiger partial charge in [-0.3, -0.25) is 0 Å². The van der Waals surface area contributed by atoms with Crippen LogP contribution in [0.25, 0.3) is 0 Å². The second kappa shape index (κ2) is 6.40. The van der Waals surface area contributed by atoms with Crippen LogP contribution >= 0.6 is 0 Å². The molecule has 128 valence electrons. The minimum absolute atomic E-state index is 0.246. The molecule has 1 N–H and O–H groups in total. The molecular weight excluding hydrogens is 310 g/mol. The Kier molecular flexibility index (Phi) is 4.08. The zero-order chi connectivity index (χ0) is 17.4. The van der Waals surface area contributed by atoms with Crippen LogP contribution in [-0.2, 0) is 4.74 Å². The molecule has 0 amide bonds. The number of ether oxygens (including phenoxy) is 1. The van der Waals surface area contributed by atoms with Gasteiger partial charge in [0.25, 0.3) is 0 Å². The fourth-order valence-corrected chi connectivity index (χ4v) is 4.18. The summed E-state index contributed by atoms with van der Waals surface area (Å²) < 4.78 is 5.16. The maximum absolute atomic E-state index is 12.1. The fraction of sp³-hybridized carbons (Fsp3) is 0.318. The lowest BCUT2D eigenvalue weighted by atomic mass is 9.76. The van der Waals surface area contributed by atoms with Gasteiger partial charge in [0.1, 0.15) is 0 Å². The predicted molar refractivity (Wildman–Crippen MR) is 99.9 cm³/mol. The molecule has 0 spiro atoms. The number of allylic oxidation sites excluding steroid dienone is 2. The van der Waals surface area contributed by atoms with E-state index in [9.17, 15) is 4.79 Å². The molecule has 1 aliphatic heterocycles. The van der Waals surface area contributed by atoms with Gasteiger partial charge < -0.3 is 10.1 Å². The first-order valence-electron chi connectivity index (χ1n) is 8.99. The number of hydrogen-bond acceptors (Lipinski definition) is 3. The number of aryl methyl sites for hydroxylation is 1. The summed E-state index contributed by atoms with van der Waals surface area (Å²) in [5.41, 5.74) is 5.64. The van der Waals surface area contributed by atoms with Gasteiger partial charge >= 0.3 is 5.97 Å². The number of nitrogens with one attached hydrogen (secondary N) is 1. The summed E-state index contributed by atoms with van der Waals surface area (Å²) in [5, 5.41) is 3.73. The summed E-state index contributed by atoms with van der Waals surface area (Å²) in [4.78, 5) is 12.1. The Morgan fingerprint density at radius 3 is 2.84 bits per heavy atom. The van der Waals surface area contributed by atoms with E-state index in [1.54, 1.807) is 0 Å². The van der Waals surface area contributed by atoms with Crippen LogP contribution in [-0.4, -0.2) is 12.6 Å². The predicted octanol–water partition coefficient (Wildman–Crippen LogP) is 5.00. The highest BCUT2D eigenvalue weighted by atomic mass is 16.5. The smallest absolute Gasteiger partial charge is 0.338 e. The van der Waals surface area contributed by atoms with Crippen LogP contribution in [0, 0.1) is 12.8 Å². The molecule has 3 atom stereocenters. The van der Waals surface area contributed by atoms with E-state index in [4.69, 9.17) is 4.74 Å². The monoisotopic (exact) mass is 333 g/mol. The van der Waals surface area contributed by atoms with E-state index in [0.717, 1.165) is 12.1 Å². The van der Waals surface area contributed by atoms with E-state index in [1.807, 2.05) is 25.1 Å². The van der Waals surface area contributed by atoms with Gasteiger partial charge in [0.2, 0.25) is 0 Å². The van der Waals surface area contributed by atoms with Crippen molar-refractivity contribution in [2.45, 2.75) is 32.2 Å². The molecule has 0 fully saturated rings. The number of carbonyl (C=O) groups is 1. The molecule has 3 unspecified atom stereocenters. The molecule has 2 aliphatic rings. The maximum atomic E-state index is 12.1. The molecule has 0 saturated heterocycles. The molecule has 0 radical (unpaired) electrons. The SMILES string of the molecule is CCOC(=O)c1ccc2c(c1)C1C=CCC1C(c1ccccc1C)N2. The van der Waals surface area contributed by atoms with Crippen molar-refractivity contribution in [3.63, 3.8) is 0 Å². The lowest BCUT2D eigenvalue weighted by Crippen LogP contribution is -2.29. The van der Waals surface area contributed by atoms with Crippen molar-refractivity contribution >= 4 is 11.7 Å². The number of esters is 1. The van der Waals surface area contributed by atoms with Crippen molar-refractivity contribution in [2.75, 3.05) is 11.9 Å². The van der Waals surface area contributed by atoms with E-state index >= 15 is 0 Å². The first-order chi connectivity index (χ1) is 12.2. The number of hydrogen-bond donors (Lipinski definition) is 1. The van der Waals surface area contributed by atoms with Crippen LogP contribution in [0.4, 0.5) is 5.69 Å². The first kappa shape index (κ1) is 15.9. The quantitative estimate of drug-likeness (QED) is 0.634. The Bertz CT molecular complexity index is 840. The minimum atomic E-state index is -0.246. The van der Waals surface area contributed by atoms with E-state index in [0.29, 0.717) is 30.0 Å². The van der Waals surface area contributed by atoms with Crippen LogP contribution < -0.4 is 5.32 Å². The van der Waals surface area contributed by atoms with Crippen LogP contribution in [0.5, 0.6) is 0 Å². The molecular formula is C22H23NO2. The highest BCUT2D eigenvalue weighted by molar-refractivity contribution is 5.90. The summed E-state index contributed by atoms with van der Waals surface area (Å²) in [6.45, 7) is 4.41. The summed E-state index contributed by atoms with van der Waals surface area (Å²) >= 11 is 0. The highest BCUT2D eigenvalue weighted by Crippen LogP contribution is 2.50. The number of fused-ring (bicyclic) bond motifs is 3. The van der Waals surface area contributed by atoms with Gasteiger partial charge in [-0.1, -0.05) is 36.4 Å². The Labute approximate surface area is 148 Å². The van der Waals surface area contributed by atoms with E-state index in [2.05, 4.69) is 48.7 Å². The molecule has 0 aromatic heterocycles. The Morgan fingerprint density at radius 1 is 1.20 bits per heavy atom. The molecule has 2 aromatic rings. The van der Waals surface area contributed by atoms with E-state index in [1.165, 1.54) is 16.7 Å². The van der Waals surface area contributed by atoms with Crippen LogP contribution in [0.1, 0.15) is 52.4 Å². The summed E-state index contributed by atoms with van der Waals surface area (Å²) in [5.74, 6) is 0.575. The third-order valence-electron chi connectivity index (χ3n) is 5.40. The van der Waals surface area contributed by atoms with Crippen LogP contribution in [0.15, 0.2) is 54.6 Å². The standard InChI is InChI=1S/C22H23NO2/c1-3-25-22(24)15-11-12-20-19(13-15)17-9-6-10-18(17)21(23-20)16-8-5-4-7-14(16)2/h4-9,11-13,17-18,21,23H,3,10H2,1-2H3. The molecule has 3 nitrogen and oxygen atoms in total. The van der Waals surface area contributed by atoms with Crippen molar-refractivity contribution in [1.29, 1.82) is 0 Å². The molecule has 25 heavy (non-hydrogen) atoms. The van der Waals surface area contributed by atoms with Gasteiger partial charge in [0, 0.05) is 11.6 Å². The lowest BCUT2D eigenvalue weighted by Gasteiger charge is -2.38. The minimum Gasteiger partial charge on any atom is -0.462 e. The summed E-state index contributed by atoms with van der Waals surface area (Å²) in [6, 6.07) is 14.8. The average molecular weight is 333 g/mol. The molecule has 3 heteroatoms. The molecule has 2 aromatic carbocycles. The van der Waals surface area contributed by atoms with Gasteiger partial charge in [-0.15, -0.1) is 0 Å². The third-order valence-corrected chi connectivity index (χ3v) is 5.40. The topological polar surface area (TPSA) is 38.3 Å². The van der Waals surface area contributed by atoms with Crippen molar-refractivity contribution < 1.29 is 9.53 Å². The van der Waals surface area contributed by atoms with Gasteiger partial charge in [0.05, 0.1) is 18.2 Å². The first-order valence-corrected chi connectivity index (χ1v) is 8.99. The summed E-state index contributed by atoms with van der Waals surface area (Å²) in [7, 11) is 0. The van der Waals surface area contributed by atoms with Crippen molar-refractivity contribution in [1.82, 2.24) is 0 Å². The second-order valence-electron chi connectivity index (χ2n) is 6.85.